The highest BCUT2D eigenvalue weighted by atomic mass is 32.1. The second-order valence-corrected chi connectivity index (χ2v) is 12.1. The number of hydrogen-bond acceptors (Lipinski definition) is 6. The molecular weight excluding hydrogens is 461 g/mol. The van der Waals surface area contributed by atoms with E-state index in [9.17, 15) is 4.57 Å². The molecule has 0 saturated carbocycles. The van der Waals surface area contributed by atoms with Gasteiger partial charge < -0.3 is 19.7 Å². The maximum atomic E-state index is 14.4. The van der Waals surface area contributed by atoms with Gasteiger partial charge in [0, 0.05) is 11.1 Å². The molecule has 0 unspecified atom stereocenters. The van der Waals surface area contributed by atoms with Gasteiger partial charge in [0.1, 0.15) is 16.5 Å². The topological polar surface area (TPSA) is 62.8 Å². The number of thiocarbonyl (C=S) groups is 2. The van der Waals surface area contributed by atoms with E-state index in [1.165, 1.54) is 4.67 Å². The van der Waals surface area contributed by atoms with Crippen LogP contribution >= 0.6 is 32.2 Å². The predicted octanol–water partition coefficient (Wildman–Crippen LogP) is 5.45. The molecule has 2 fully saturated rings. The molecular formula is C23H28N3O3PS2. The van der Waals surface area contributed by atoms with Crippen LogP contribution in [0.4, 0.5) is 0 Å². The minimum Gasteiger partial charge on any atom is -0.400 e. The van der Waals surface area contributed by atoms with Crippen molar-refractivity contribution in [3.05, 3.63) is 60.7 Å². The van der Waals surface area contributed by atoms with E-state index in [-0.39, 0.29) is 16.2 Å². The lowest BCUT2D eigenvalue weighted by atomic mass is 9.71. The highest BCUT2D eigenvalue weighted by Crippen LogP contribution is 2.56. The number of hydrogen-bond donors (Lipinski definition) is 2. The summed E-state index contributed by atoms with van der Waals surface area (Å²) >= 11 is 11.6. The largest absolute Gasteiger partial charge is 0.551 e. The molecule has 4 rings (SSSR count). The first kappa shape index (κ1) is 23.2. The van der Waals surface area contributed by atoms with E-state index in [4.69, 9.17) is 33.5 Å². The molecule has 0 radical (unpaired) electrons. The van der Waals surface area contributed by atoms with Crippen molar-refractivity contribution in [1.29, 1.82) is 0 Å². The first-order valence-corrected chi connectivity index (χ1v) is 12.8. The highest BCUT2D eigenvalue weighted by Gasteiger charge is 2.60. The van der Waals surface area contributed by atoms with E-state index in [0.717, 1.165) is 0 Å². The molecule has 2 aromatic rings. The fraction of sp³-hybridized carbons (Fsp3) is 0.391. The Morgan fingerprint density at radius 1 is 0.844 bits per heavy atom. The van der Waals surface area contributed by atoms with Crippen molar-refractivity contribution >= 4 is 42.3 Å². The lowest BCUT2D eigenvalue weighted by molar-refractivity contribution is 0.132. The lowest BCUT2D eigenvalue weighted by Crippen LogP contribution is -2.68. The monoisotopic (exact) mass is 489 g/mol. The zero-order valence-electron chi connectivity index (χ0n) is 18.6. The van der Waals surface area contributed by atoms with Crippen LogP contribution in [0, 0.1) is 0 Å². The third-order valence-corrected chi connectivity index (χ3v) is 8.38. The molecule has 0 aliphatic carbocycles. The zero-order valence-corrected chi connectivity index (χ0v) is 21.2. The van der Waals surface area contributed by atoms with Crippen LogP contribution in [0.2, 0.25) is 0 Å². The summed E-state index contributed by atoms with van der Waals surface area (Å²) in [5, 5.41) is 7.31. The van der Waals surface area contributed by atoms with Gasteiger partial charge in [-0.05, 0) is 77.0 Å². The molecule has 6 nitrogen and oxygen atoms in total. The summed E-state index contributed by atoms with van der Waals surface area (Å²) < 4.78 is 27.8. The maximum absolute atomic E-state index is 14.4. The van der Waals surface area contributed by atoms with Gasteiger partial charge in [0.05, 0.1) is 5.54 Å². The molecule has 2 aromatic carbocycles. The van der Waals surface area contributed by atoms with E-state index in [2.05, 4.69) is 38.3 Å². The summed E-state index contributed by atoms with van der Waals surface area (Å²) in [7, 11) is -4.03. The molecule has 0 atom stereocenters. The van der Waals surface area contributed by atoms with E-state index in [0.29, 0.717) is 29.3 Å². The Labute approximate surface area is 200 Å². The molecule has 0 amide bonds. The van der Waals surface area contributed by atoms with Crippen molar-refractivity contribution in [2.45, 2.75) is 57.2 Å². The van der Waals surface area contributed by atoms with Crippen LogP contribution < -0.4 is 19.7 Å². The van der Waals surface area contributed by atoms with Crippen LogP contribution in [0.5, 0.6) is 11.5 Å². The minimum atomic E-state index is -4.03. The van der Waals surface area contributed by atoms with E-state index in [1.807, 2.05) is 12.1 Å². The number of nitrogens with zero attached hydrogens (tertiary/aromatic N) is 1. The molecule has 2 saturated heterocycles. The van der Waals surface area contributed by atoms with Crippen molar-refractivity contribution in [2.75, 3.05) is 0 Å². The van der Waals surface area contributed by atoms with E-state index < -0.39 is 13.3 Å². The Bertz CT molecular complexity index is 1010. The number of benzene rings is 2. The number of rotatable bonds is 5. The smallest absolute Gasteiger partial charge is 0.400 e. The predicted molar refractivity (Wildman–Crippen MR) is 135 cm³/mol. The molecule has 0 aromatic heterocycles. The van der Waals surface area contributed by atoms with Crippen LogP contribution in [-0.4, -0.2) is 31.4 Å². The van der Waals surface area contributed by atoms with E-state index in [1.54, 1.807) is 48.5 Å². The van der Waals surface area contributed by atoms with Crippen molar-refractivity contribution in [1.82, 2.24) is 15.3 Å². The molecule has 2 aliphatic heterocycles. The SMILES string of the molecule is CC1(C)CC2(CC(C)(C)N1)NC(=S)N(P(=O)(Oc1ccccc1)Oc1ccccc1)C2=S. The maximum Gasteiger partial charge on any atom is 0.551 e. The van der Waals surface area contributed by atoms with Crippen molar-refractivity contribution in [2.24, 2.45) is 0 Å². The van der Waals surface area contributed by atoms with Gasteiger partial charge in [0.15, 0.2) is 5.11 Å². The van der Waals surface area contributed by atoms with Crippen molar-refractivity contribution in [3.63, 3.8) is 0 Å². The molecule has 32 heavy (non-hydrogen) atoms. The molecule has 1 spiro atoms. The number of piperidine rings is 1. The summed E-state index contributed by atoms with van der Waals surface area (Å²) in [6.07, 6.45) is 1.35. The van der Waals surface area contributed by atoms with Crippen LogP contribution in [0.3, 0.4) is 0 Å². The Kier molecular flexibility index (Phi) is 5.87. The highest BCUT2D eigenvalue weighted by molar-refractivity contribution is 7.83. The fourth-order valence-corrected chi connectivity index (χ4v) is 7.87. The standard InChI is InChI=1S/C23H28N3O3PS2/c1-21(2)15-23(16-22(3,4)25-21)19(31)26(20(32)24-23)30(27,28-17-11-7-5-8-12-17)29-18-13-9-6-10-14-18/h5-14,25H,15-16H2,1-4H3,(H,24,32). The molecule has 2 heterocycles. The lowest BCUT2D eigenvalue weighted by Gasteiger charge is -2.51. The van der Waals surface area contributed by atoms with Crippen LogP contribution in [-0.2, 0) is 4.57 Å². The Morgan fingerprint density at radius 3 is 1.72 bits per heavy atom. The minimum absolute atomic E-state index is 0.213. The van der Waals surface area contributed by atoms with Crippen molar-refractivity contribution < 1.29 is 13.6 Å². The molecule has 170 valence electrons. The zero-order chi connectivity index (χ0) is 23.2. The normalized spacial score (nSPS) is 21.3. The molecule has 9 heteroatoms. The van der Waals surface area contributed by atoms with Gasteiger partial charge >= 0.3 is 7.75 Å². The average molecular weight is 490 g/mol. The molecule has 0 bridgehead atoms. The van der Waals surface area contributed by atoms with Crippen LogP contribution in [0.1, 0.15) is 40.5 Å². The van der Waals surface area contributed by atoms with Gasteiger partial charge in [0.2, 0.25) is 0 Å². The Balaban J connectivity index is 1.75. The second kappa shape index (κ2) is 8.10. The van der Waals surface area contributed by atoms with Crippen LogP contribution in [0.25, 0.3) is 0 Å². The first-order valence-electron chi connectivity index (χ1n) is 10.5. The average Bonchev–Trinajstić information content (AvgIpc) is 2.89. The fourth-order valence-electron chi connectivity index (χ4n) is 4.97. The summed E-state index contributed by atoms with van der Waals surface area (Å²) in [5.74, 6) is 0.813. The van der Waals surface area contributed by atoms with Crippen molar-refractivity contribution in [3.8, 4) is 11.5 Å². The third-order valence-electron chi connectivity index (χ3n) is 5.48. The van der Waals surface area contributed by atoms with Crippen LogP contribution in [0.15, 0.2) is 60.7 Å². The third kappa shape index (κ3) is 4.55. The van der Waals surface area contributed by atoms with Gasteiger partial charge in [-0.2, -0.15) is 4.67 Å². The first-order chi connectivity index (χ1) is 14.9. The summed E-state index contributed by atoms with van der Waals surface area (Å²) in [4.78, 5) is 0.431. The second-order valence-electron chi connectivity index (χ2n) is 9.65. The molecule has 2 aliphatic rings. The summed E-state index contributed by atoms with van der Waals surface area (Å²) in [6.45, 7) is 8.52. The van der Waals surface area contributed by atoms with Gasteiger partial charge in [-0.1, -0.05) is 48.6 Å². The van der Waals surface area contributed by atoms with Gasteiger partial charge in [0.25, 0.3) is 0 Å². The Morgan fingerprint density at radius 2 is 1.28 bits per heavy atom. The van der Waals surface area contributed by atoms with Gasteiger partial charge in [-0.15, -0.1) is 0 Å². The Hall–Kier alpha value is -1.99. The van der Waals surface area contributed by atoms with Gasteiger partial charge in [-0.3, -0.25) is 0 Å². The van der Waals surface area contributed by atoms with Gasteiger partial charge in [-0.25, -0.2) is 4.57 Å². The quantitative estimate of drug-likeness (QED) is 0.425. The number of nitrogens with one attached hydrogen (secondary N) is 2. The number of para-hydroxylation sites is 2. The molecule has 2 N–H and O–H groups in total. The van der Waals surface area contributed by atoms with E-state index >= 15 is 0 Å². The summed E-state index contributed by atoms with van der Waals surface area (Å²) in [5.41, 5.74) is -1.07. The summed E-state index contributed by atoms with van der Waals surface area (Å²) in [6, 6.07) is 17.8.